The third-order valence-electron chi connectivity index (χ3n) is 3.72. The third-order valence-corrected chi connectivity index (χ3v) is 6.76. The van der Waals surface area contributed by atoms with E-state index in [1.807, 2.05) is 0 Å². The Hall–Kier alpha value is -2.42. The molecule has 0 spiro atoms. The molecular formula is C18H14ClNO5S2. The summed E-state index contributed by atoms with van der Waals surface area (Å²) in [5.74, 6) is -2.12. The standard InChI is InChI=1S/C18H14ClNO5S2/c1-25-18(22)17-16(13-4-2-3-5-14(13)26-17)20-15(21)10-27(23,24)12-8-6-11(19)7-9-12/h2-9H,10H2,1H3,(H,20,21). The van der Waals surface area contributed by atoms with E-state index in [-0.39, 0.29) is 15.5 Å². The Morgan fingerprint density at radius 3 is 2.44 bits per heavy atom. The van der Waals surface area contributed by atoms with E-state index >= 15 is 0 Å². The number of nitrogens with one attached hydrogen (secondary N) is 1. The smallest absolute Gasteiger partial charge is 0.350 e. The Bertz CT molecular complexity index is 1120. The number of rotatable bonds is 5. The molecule has 6 nitrogen and oxygen atoms in total. The maximum Gasteiger partial charge on any atom is 0.350 e. The molecule has 1 N–H and O–H groups in total. The number of esters is 1. The zero-order valence-electron chi connectivity index (χ0n) is 14.1. The first-order valence-electron chi connectivity index (χ1n) is 7.70. The summed E-state index contributed by atoms with van der Waals surface area (Å²) < 4.78 is 30.4. The number of methoxy groups -OCH3 is 1. The number of sulfone groups is 1. The van der Waals surface area contributed by atoms with Crippen molar-refractivity contribution in [2.24, 2.45) is 0 Å². The highest BCUT2D eigenvalue weighted by atomic mass is 35.5. The summed E-state index contributed by atoms with van der Waals surface area (Å²) in [7, 11) is -2.62. The van der Waals surface area contributed by atoms with Crippen molar-refractivity contribution < 1.29 is 22.7 Å². The molecule has 0 aliphatic heterocycles. The van der Waals surface area contributed by atoms with Crippen LogP contribution in [0.15, 0.2) is 53.4 Å². The summed E-state index contributed by atoms with van der Waals surface area (Å²) in [6, 6.07) is 12.7. The van der Waals surface area contributed by atoms with Crippen LogP contribution in [0.1, 0.15) is 9.67 Å². The fourth-order valence-electron chi connectivity index (χ4n) is 2.48. The molecule has 0 fully saturated rings. The van der Waals surface area contributed by atoms with E-state index in [0.29, 0.717) is 10.4 Å². The van der Waals surface area contributed by atoms with Crippen LogP contribution in [-0.2, 0) is 19.4 Å². The molecule has 0 saturated heterocycles. The lowest BCUT2D eigenvalue weighted by Gasteiger charge is -2.08. The Kier molecular flexibility index (Phi) is 5.50. The number of carbonyl (C=O) groups is 2. The molecular weight excluding hydrogens is 410 g/mol. The Labute approximate surface area is 164 Å². The van der Waals surface area contributed by atoms with Crippen molar-refractivity contribution in [2.45, 2.75) is 4.90 Å². The molecule has 9 heteroatoms. The summed E-state index contributed by atoms with van der Waals surface area (Å²) >= 11 is 6.92. The molecule has 0 aliphatic carbocycles. The van der Waals surface area contributed by atoms with E-state index in [2.05, 4.69) is 5.32 Å². The second-order valence-electron chi connectivity index (χ2n) is 5.56. The summed E-state index contributed by atoms with van der Waals surface area (Å²) in [6.07, 6.45) is 0. The van der Waals surface area contributed by atoms with Crippen LogP contribution in [0.4, 0.5) is 5.69 Å². The number of halogens is 1. The van der Waals surface area contributed by atoms with Crippen molar-refractivity contribution in [2.75, 3.05) is 18.2 Å². The van der Waals surface area contributed by atoms with E-state index in [0.717, 1.165) is 16.0 Å². The van der Waals surface area contributed by atoms with Gasteiger partial charge in [-0.05, 0) is 30.3 Å². The van der Waals surface area contributed by atoms with Gasteiger partial charge in [0.15, 0.2) is 9.84 Å². The van der Waals surface area contributed by atoms with Gasteiger partial charge in [-0.1, -0.05) is 29.8 Å². The van der Waals surface area contributed by atoms with Crippen molar-refractivity contribution in [3.8, 4) is 0 Å². The van der Waals surface area contributed by atoms with E-state index < -0.39 is 27.5 Å². The van der Waals surface area contributed by atoms with Crippen molar-refractivity contribution >= 4 is 60.4 Å². The molecule has 140 valence electrons. The average molecular weight is 424 g/mol. The van der Waals surface area contributed by atoms with Gasteiger partial charge in [0.05, 0.1) is 17.7 Å². The van der Waals surface area contributed by atoms with Gasteiger partial charge in [0.25, 0.3) is 0 Å². The third kappa shape index (κ3) is 4.13. The Balaban J connectivity index is 1.90. The van der Waals surface area contributed by atoms with Crippen LogP contribution in [0.3, 0.4) is 0 Å². The number of benzene rings is 2. The molecule has 3 aromatic rings. The predicted molar refractivity (Wildman–Crippen MR) is 105 cm³/mol. The number of carbonyl (C=O) groups excluding carboxylic acids is 2. The quantitative estimate of drug-likeness (QED) is 0.631. The van der Waals surface area contributed by atoms with Gasteiger partial charge >= 0.3 is 5.97 Å². The number of fused-ring (bicyclic) bond motifs is 1. The number of amides is 1. The first kappa shape index (κ1) is 19.3. The molecule has 0 aliphatic rings. The molecule has 3 rings (SSSR count). The van der Waals surface area contributed by atoms with Crippen LogP contribution >= 0.6 is 22.9 Å². The lowest BCUT2D eigenvalue weighted by molar-refractivity contribution is -0.113. The highest BCUT2D eigenvalue weighted by Crippen LogP contribution is 2.36. The zero-order chi connectivity index (χ0) is 19.6. The van der Waals surface area contributed by atoms with Gasteiger partial charge < -0.3 is 10.1 Å². The number of hydrogen-bond donors (Lipinski definition) is 1. The Morgan fingerprint density at radius 1 is 1.11 bits per heavy atom. The highest BCUT2D eigenvalue weighted by Gasteiger charge is 2.24. The van der Waals surface area contributed by atoms with Gasteiger partial charge in [-0.25, -0.2) is 13.2 Å². The van der Waals surface area contributed by atoms with Crippen LogP contribution < -0.4 is 5.32 Å². The van der Waals surface area contributed by atoms with Crippen molar-refractivity contribution in [3.63, 3.8) is 0 Å². The van der Waals surface area contributed by atoms with Crippen LogP contribution in [0, 0.1) is 0 Å². The fraction of sp³-hybridized carbons (Fsp3) is 0.111. The van der Waals surface area contributed by atoms with Gasteiger partial charge in [0, 0.05) is 15.1 Å². The van der Waals surface area contributed by atoms with E-state index in [1.165, 1.54) is 31.4 Å². The SMILES string of the molecule is COC(=O)c1sc2ccccc2c1NC(=O)CS(=O)(=O)c1ccc(Cl)cc1. The summed E-state index contributed by atoms with van der Waals surface area (Å²) in [6.45, 7) is 0. The zero-order valence-corrected chi connectivity index (χ0v) is 16.5. The van der Waals surface area contributed by atoms with Gasteiger partial charge in [0.1, 0.15) is 10.6 Å². The van der Waals surface area contributed by atoms with E-state index in [1.54, 1.807) is 24.3 Å². The lowest BCUT2D eigenvalue weighted by atomic mass is 10.2. The fourth-order valence-corrected chi connectivity index (χ4v) is 4.82. The van der Waals surface area contributed by atoms with Crippen LogP contribution in [0.25, 0.3) is 10.1 Å². The minimum atomic E-state index is -3.85. The first-order chi connectivity index (χ1) is 12.8. The summed E-state index contributed by atoms with van der Waals surface area (Å²) in [5, 5.41) is 3.58. The number of anilines is 1. The first-order valence-corrected chi connectivity index (χ1v) is 10.5. The Morgan fingerprint density at radius 2 is 1.78 bits per heavy atom. The van der Waals surface area contributed by atoms with Gasteiger partial charge in [-0.15, -0.1) is 11.3 Å². The topological polar surface area (TPSA) is 89.5 Å². The summed E-state index contributed by atoms with van der Waals surface area (Å²) in [5.41, 5.74) is 0.249. The molecule has 1 aromatic heterocycles. The molecule has 0 saturated carbocycles. The molecule has 1 heterocycles. The number of hydrogen-bond acceptors (Lipinski definition) is 6. The minimum absolute atomic E-state index is 0.00887. The largest absolute Gasteiger partial charge is 0.465 e. The van der Waals surface area contributed by atoms with Crippen molar-refractivity contribution in [3.05, 3.63) is 58.4 Å². The van der Waals surface area contributed by atoms with Crippen molar-refractivity contribution in [1.82, 2.24) is 0 Å². The second kappa shape index (κ2) is 7.67. The highest BCUT2D eigenvalue weighted by molar-refractivity contribution is 7.92. The molecule has 2 aromatic carbocycles. The number of thiophene rings is 1. The maximum atomic E-state index is 12.4. The van der Waals surface area contributed by atoms with Crippen LogP contribution in [0.5, 0.6) is 0 Å². The molecule has 0 unspecified atom stereocenters. The molecule has 27 heavy (non-hydrogen) atoms. The minimum Gasteiger partial charge on any atom is -0.465 e. The van der Waals surface area contributed by atoms with Gasteiger partial charge in [-0.2, -0.15) is 0 Å². The van der Waals surface area contributed by atoms with Crippen molar-refractivity contribution in [1.29, 1.82) is 0 Å². The molecule has 1 amide bonds. The van der Waals surface area contributed by atoms with Gasteiger partial charge in [-0.3, -0.25) is 4.79 Å². The second-order valence-corrected chi connectivity index (χ2v) is 9.03. The number of ether oxygens (including phenoxy) is 1. The normalized spacial score (nSPS) is 11.3. The average Bonchev–Trinajstić information content (AvgIpc) is 2.99. The van der Waals surface area contributed by atoms with Crippen LogP contribution in [-0.4, -0.2) is 33.2 Å². The van der Waals surface area contributed by atoms with E-state index in [9.17, 15) is 18.0 Å². The molecule has 0 bridgehead atoms. The predicted octanol–water partition coefficient (Wildman–Crippen LogP) is 3.75. The lowest BCUT2D eigenvalue weighted by Crippen LogP contribution is -2.23. The van der Waals surface area contributed by atoms with Gasteiger partial charge in [0.2, 0.25) is 5.91 Å². The molecule has 0 atom stereocenters. The monoisotopic (exact) mass is 423 g/mol. The molecule has 0 radical (unpaired) electrons. The van der Waals surface area contributed by atoms with E-state index in [4.69, 9.17) is 16.3 Å². The maximum absolute atomic E-state index is 12.4. The summed E-state index contributed by atoms with van der Waals surface area (Å²) in [4.78, 5) is 24.6. The van der Waals surface area contributed by atoms with Crippen LogP contribution in [0.2, 0.25) is 5.02 Å².